The van der Waals surface area contributed by atoms with Crippen LogP contribution in [-0.4, -0.2) is 29.4 Å². The number of aromatic nitrogens is 1. The van der Waals surface area contributed by atoms with Crippen molar-refractivity contribution in [2.45, 2.75) is 13.8 Å². The smallest absolute Gasteiger partial charge is 0.340 e. The van der Waals surface area contributed by atoms with Crippen LogP contribution in [0.4, 0.5) is 0 Å². The molecule has 0 aliphatic rings. The van der Waals surface area contributed by atoms with Crippen molar-refractivity contribution in [1.29, 1.82) is 0 Å². The number of aryl methyl sites for hydroxylation is 2. The summed E-state index contributed by atoms with van der Waals surface area (Å²) in [6.45, 7) is 2.98. The first-order valence-electron chi connectivity index (χ1n) is 8.39. The predicted octanol–water partition coefficient (Wildman–Crippen LogP) is 2.97. The van der Waals surface area contributed by atoms with Gasteiger partial charge in [-0.2, -0.15) is 0 Å². The van der Waals surface area contributed by atoms with E-state index in [2.05, 4.69) is 10.3 Å². The highest BCUT2D eigenvalue weighted by atomic mass is 16.5. The molecule has 136 valence electrons. The molecule has 0 aliphatic heterocycles. The maximum absolute atomic E-state index is 12.5. The Bertz CT molecular complexity index is 1030. The van der Waals surface area contributed by atoms with Gasteiger partial charge in [0.1, 0.15) is 0 Å². The van der Waals surface area contributed by atoms with Crippen molar-refractivity contribution in [2.24, 2.45) is 0 Å². The van der Waals surface area contributed by atoms with Crippen LogP contribution in [0.3, 0.4) is 0 Å². The van der Waals surface area contributed by atoms with Gasteiger partial charge in [-0.15, -0.1) is 0 Å². The first-order chi connectivity index (χ1) is 13.0. The summed E-state index contributed by atoms with van der Waals surface area (Å²) in [5.74, 6) is -1.89. The number of para-hydroxylation sites is 1. The number of hydrogen-bond donors (Lipinski definition) is 1. The summed E-state index contributed by atoms with van der Waals surface area (Å²) >= 11 is 0. The lowest BCUT2D eigenvalue weighted by atomic mass is 10.0. The molecular formula is C21H18N2O4. The summed E-state index contributed by atoms with van der Waals surface area (Å²) < 4.78 is 5.09. The molecule has 0 radical (unpaired) electrons. The fourth-order valence-electron chi connectivity index (χ4n) is 2.86. The molecule has 0 fully saturated rings. The number of esters is 1. The summed E-state index contributed by atoms with van der Waals surface area (Å²) in [6, 6.07) is 15.8. The average molecular weight is 362 g/mol. The Morgan fingerprint density at radius 2 is 1.63 bits per heavy atom. The van der Waals surface area contributed by atoms with Gasteiger partial charge in [0.15, 0.2) is 6.61 Å². The van der Waals surface area contributed by atoms with Crippen molar-refractivity contribution in [3.63, 3.8) is 0 Å². The summed E-state index contributed by atoms with van der Waals surface area (Å²) in [5.41, 5.74) is 2.73. The molecule has 0 saturated heterocycles. The number of benzene rings is 2. The van der Waals surface area contributed by atoms with Gasteiger partial charge in [-0.3, -0.25) is 19.9 Å². The molecule has 0 saturated carbocycles. The standard InChI is InChI=1S/C21H18N2O4/c1-13-16-10-6-7-11-17(16)22-14(2)19(13)21(26)27-12-18(24)23-20(25)15-8-4-3-5-9-15/h3-11H,12H2,1-2H3,(H,23,24,25). The van der Waals surface area contributed by atoms with Crippen LogP contribution in [0.5, 0.6) is 0 Å². The van der Waals surface area contributed by atoms with Crippen molar-refractivity contribution in [1.82, 2.24) is 10.3 Å². The molecule has 2 aromatic carbocycles. The molecular weight excluding hydrogens is 344 g/mol. The molecule has 0 spiro atoms. The van der Waals surface area contributed by atoms with Crippen molar-refractivity contribution in [2.75, 3.05) is 6.61 Å². The molecule has 0 atom stereocenters. The van der Waals surface area contributed by atoms with Crippen LogP contribution in [0, 0.1) is 13.8 Å². The second-order valence-electron chi connectivity index (χ2n) is 6.03. The lowest BCUT2D eigenvalue weighted by Gasteiger charge is -2.12. The van der Waals surface area contributed by atoms with Crippen LogP contribution in [0.25, 0.3) is 10.9 Å². The number of nitrogens with zero attached hydrogens (tertiary/aromatic N) is 1. The molecule has 1 aromatic heterocycles. The van der Waals surface area contributed by atoms with Crippen molar-refractivity contribution >= 4 is 28.7 Å². The number of imide groups is 1. The zero-order valence-electron chi connectivity index (χ0n) is 15.0. The number of hydrogen-bond acceptors (Lipinski definition) is 5. The highest BCUT2D eigenvalue weighted by Crippen LogP contribution is 2.23. The highest BCUT2D eigenvalue weighted by Gasteiger charge is 2.19. The normalized spacial score (nSPS) is 10.4. The van der Waals surface area contributed by atoms with Gasteiger partial charge in [-0.1, -0.05) is 36.4 Å². The monoisotopic (exact) mass is 362 g/mol. The topological polar surface area (TPSA) is 85.4 Å². The van der Waals surface area contributed by atoms with Gasteiger partial charge >= 0.3 is 5.97 Å². The van der Waals surface area contributed by atoms with Gasteiger partial charge in [-0.25, -0.2) is 4.79 Å². The van der Waals surface area contributed by atoms with E-state index in [9.17, 15) is 14.4 Å². The Kier molecular flexibility index (Phi) is 5.26. The second kappa shape index (κ2) is 7.78. The number of pyridine rings is 1. The van der Waals surface area contributed by atoms with E-state index in [1.165, 1.54) is 0 Å². The Balaban J connectivity index is 1.68. The molecule has 1 heterocycles. The number of ether oxygens (including phenoxy) is 1. The molecule has 0 unspecified atom stereocenters. The SMILES string of the molecule is Cc1nc2ccccc2c(C)c1C(=O)OCC(=O)NC(=O)c1ccccc1. The van der Waals surface area contributed by atoms with Gasteiger partial charge in [-0.05, 0) is 37.6 Å². The third-order valence-corrected chi connectivity index (χ3v) is 4.16. The van der Waals surface area contributed by atoms with E-state index in [1.807, 2.05) is 31.2 Å². The number of rotatable bonds is 4. The van der Waals surface area contributed by atoms with Crippen molar-refractivity contribution in [3.8, 4) is 0 Å². The van der Waals surface area contributed by atoms with E-state index in [0.29, 0.717) is 16.8 Å². The number of carbonyl (C=O) groups is 3. The lowest BCUT2D eigenvalue weighted by Crippen LogP contribution is -2.34. The van der Waals surface area contributed by atoms with Crippen LogP contribution < -0.4 is 5.32 Å². The van der Waals surface area contributed by atoms with Crippen LogP contribution in [0.15, 0.2) is 54.6 Å². The molecule has 3 aromatic rings. The largest absolute Gasteiger partial charge is 0.452 e. The van der Waals surface area contributed by atoms with Crippen molar-refractivity contribution < 1.29 is 19.1 Å². The number of carbonyl (C=O) groups excluding carboxylic acids is 3. The van der Waals surface area contributed by atoms with Crippen LogP contribution >= 0.6 is 0 Å². The van der Waals surface area contributed by atoms with Crippen LogP contribution in [0.1, 0.15) is 32.0 Å². The van der Waals surface area contributed by atoms with Gasteiger partial charge < -0.3 is 4.74 Å². The molecule has 6 heteroatoms. The Morgan fingerprint density at radius 3 is 2.37 bits per heavy atom. The Labute approximate surface area is 156 Å². The molecule has 0 aliphatic carbocycles. The lowest BCUT2D eigenvalue weighted by molar-refractivity contribution is -0.123. The van der Waals surface area contributed by atoms with Gasteiger partial charge in [0.2, 0.25) is 0 Å². The number of nitrogens with one attached hydrogen (secondary N) is 1. The van der Waals surface area contributed by atoms with Crippen LogP contribution in [-0.2, 0) is 9.53 Å². The van der Waals surface area contributed by atoms with E-state index in [1.54, 1.807) is 37.3 Å². The fraction of sp³-hybridized carbons (Fsp3) is 0.143. The zero-order chi connectivity index (χ0) is 19.4. The molecule has 3 rings (SSSR count). The summed E-state index contributed by atoms with van der Waals surface area (Å²) in [5, 5.41) is 3.04. The first kappa shape index (κ1) is 18.3. The van der Waals surface area contributed by atoms with E-state index in [-0.39, 0.29) is 0 Å². The fourth-order valence-corrected chi connectivity index (χ4v) is 2.86. The zero-order valence-corrected chi connectivity index (χ0v) is 15.0. The van der Waals surface area contributed by atoms with Gasteiger partial charge in [0.25, 0.3) is 11.8 Å². The predicted molar refractivity (Wildman–Crippen MR) is 100 cm³/mol. The third kappa shape index (κ3) is 4.00. The Hall–Kier alpha value is -3.54. The second-order valence-corrected chi connectivity index (χ2v) is 6.03. The van der Waals surface area contributed by atoms with E-state index in [0.717, 1.165) is 16.5 Å². The summed E-state index contributed by atoms with van der Waals surface area (Å²) in [4.78, 5) is 40.7. The van der Waals surface area contributed by atoms with Crippen LogP contribution in [0.2, 0.25) is 0 Å². The van der Waals surface area contributed by atoms with E-state index in [4.69, 9.17) is 4.74 Å². The molecule has 1 N–H and O–H groups in total. The number of fused-ring (bicyclic) bond motifs is 1. The molecule has 2 amide bonds. The Morgan fingerprint density at radius 1 is 0.963 bits per heavy atom. The summed E-state index contributed by atoms with van der Waals surface area (Å²) in [6.07, 6.45) is 0. The quantitative estimate of drug-likeness (QED) is 0.721. The minimum absolute atomic E-state index is 0.330. The minimum Gasteiger partial charge on any atom is -0.452 e. The third-order valence-electron chi connectivity index (χ3n) is 4.16. The average Bonchev–Trinajstić information content (AvgIpc) is 2.67. The molecule has 27 heavy (non-hydrogen) atoms. The summed E-state index contributed by atoms with van der Waals surface area (Å²) in [7, 11) is 0. The molecule has 0 bridgehead atoms. The number of amides is 2. The minimum atomic E-state index is -0.693. The van der Waals surface area contributed by atoms with E-state index < -0.39 is 24.4 Å². The highest BCUT2D eigenvalue weighted by molar-refractivity contribution is 6.05. The maximum atomic E-state index is 12.5. The van der Waals surface area contributed by atoms with E-state index >= 15 is 0 Å². The van der Waals surface area contributed by atoms with Crippen molar-refractivity contribution in [3.05, 3.63) is 77.0 Å². The maximum Gasteiger partial charge on any atom is 0.340 e. The molecule has 6 nitrogen and oxygen atoms in total. The van der Waals surface area contributed by atoms with Gasteiger partial charge in [0, 0.05) is 10.9 Å². The van der Waals surface area contributed by atoms with Gasteiger partial charge in [0.05, 0.1) is 16.8 Å². The first-order valence-corrected chi connectivity index (χ1v) is 8.39.